The van der Waals surface area contributed by atoms with E-state index in [1.807, 2.05) is 11.0 Å². The second-order valence-corrected chi connectivity index (χ2v) is 13.9. The molecule has 1 saturated carbocycles. The molecule has 0 unspecified atom stereocenters. The highest BCUT2D eigenvalue weighted by atomic mass is 32.2. The number of carbonyl (C=O) groups excluding carboxylic acids is 1. The third-order valence-electron chi connectivity index (χ3n) is 9.40. The Morgan fingerprint density at radius 3 is 2.33 bits per heavy atom. The average molecular weight is 606 g/mol. The zero-order chi connectivity index (χ0) is 29.5. The molecule has 5 rings (SSSR count). The molecule has 10 nitrogen and oxygen atoms in total. The second kappa shape index (κ2) is 14.5. The molecule has 1 amide bonds. The molecular weight excluding hydrogens is 558 g/mol. The number of methoxy groups -OCH3 is 1. The molecule has 1 aromatic rings. The van der Waals surface area contributed by atoms with Crippen LogP contribution in [0.25, 0.3) is 0 Å². The van der Waals surface area contributed by atoms with Crippen molar-refractivity contribution in [2.24, 2.45) is 11.8 Å². The minimum atomic E-state index is -3.84. The van der Waals surface area contributed by atoms with Crippen LogP contribution in [-0.2, 0) is 24.3 Å². The summed E-state index contributed by atoms with van der Waals surface area (Å²) in [4.78, 5) is 18.2. The molecule has 1 N–H and O–H groups in total. The lowest BCUT2D eigenvalue weighted by Gasteiger charge is -2.41. The van der Waals surface area contributed by atoms with Gasteiger partial charge in [-0.2, -0.15) is 4.31 Å². The van der Waals surface area contributed by atoms with Crippen LogP contribution < -0.4 is 4.74 Å². The molecule has 0 bridgehead atoms. The summed E-state index contributed by atoms with van der Waals surface area (Å²) in [7, 11) is -2.32. The second-order valence-electron chi connectivity index (χ2n) is 12.0. The third-order valence-corrected chi connectivity index (χ3v) is 11.3. The van der Waals surface area contributed by atoms with Crippen LogP contribution in [-0.4, -0.2) is 105 Å². The van der Waals surface area contributed by atoms with E-state index in [1.54, 1.807) is 12.1 Å². The van der Waals surface area contributed by atoms with Crippen LogP contribution in [0, 0.1) is 11.8 Å². The van der Waals surface area contributed by atoms with Crippen molar-refractivity contribution < 1.29 is 32.5 Å². The average Bonchev–Trinajstić information content (AvgIpc) is 3.00. The first-order valence-corrected chi connectivity index (χ1v) is 17.1. The Morgan fingerprint density at radius 1 is 1.00 bits per heavy atom. The molecule has 1 aliphatic carbocycles. The molecule has 3 heterocycles. The molecule has 3 aliphatic heterocycles. The van der Waals surface area contributed by atoms with Gasteiger partial charge in [0.15, 0.2) is 5.76 Å². The number of rotatable bonds is 12. The van der Waals surface area contributed by atoms with Crippen LogP contribution >= 0.6 is 0 Å². The molecule has 0 aromatic heterocycles. The normalized spacial score (nSPS) is 24.6. The number of aliphatic hydroxyl groups excluding tert-OH is 1. The number of hydrogen-bond donors (Lipinski definition) is 1. The first-order valence-electron chi connectivity index (χ1n) is 15.7. The van der Waals surface area contributed by atoms with Gasteiger partial charge in [-0.05, 0) is 93.8 Å². The predicted octanol–water partition coefficient (Wildman–Crippen LogP) is 3.22. The van der Waals surface area contributed by atoms with Gasteiger partial charge >= 0.3 is 0 Å². The van der Waals surface area contributed by atoms with Crippen molar-refractivity contribution in [3.05, 3.63) is 36.1 Å². The van der Waals surface area contributed by atoms with Crippen molar-refractivity contribution in [2.75, 3.05) is 59.6 Å². The van der Waals surface area contributed by atoms with Crippen LogP contribution in [0.2, 0.25) is 0 Å². The van der Waals surface area contributed by atoms with Gasteiger partial charge in [0.2, 0.25) is 16.3 Å². The van der Waals surface area contributed by atoms with Gasteiger partial charge in [-0.1, -0.05) is 12.8 Å². The smallest absolute Gasteiger partial charge is 0.288 e. The number of piperidine rings is 2. The number of aliphatic hydroxyl groups is 1. The molecule has 2 atom stereocenters. The van der Waals surface area contributed by atoms with Gasteiger partial charge in [-0.3, -0.25) is 4.79 Å². The minimum Gasteiger partial charge on any atom is -0.497 e. The minimum absolute atomic E-state index is 0.0506. The van der Waals surface area contributed by atoms with E-state index < -0.39 is 16.3 Å². The SMILES string of the molecule is COc1ccc(S(=O)(=O)N(CCO)CCO[C@H]2C[C@@H](C3CCC3)C=C(C(=O)N3CCC(N4CCCCC4)CC3)O2)cc1. The molecule has 42 heavy (non-hydrogen) atoms. The van der Waals surface area contributed by atoms with Gasteiger partial charge < -0.3 is 29.1 Å². The Morgan fingerprint density at radius 2 is 1.71 bits per heavy atom. The maximum atomic E-state index is 13.6. The topological polar surface area (TPSA) is 109 Å². The summed E-state index contributed by atoms with van der Waals surface area (Å²) in [5, 5.41) is 9.57. The predicted molar refractivity (Wildman–Crippen MR) is 158 cm³/mol. The number of amides is 1. The van der Waals surface area contributed by atoms with Gasteiger partial charge in [-0.15, -0.1) is 0 Å². The zero-order valence-electron chi connectivity index (χ0n) is 24.9. The van der Waals surface area contributed by atoms with Gasteiger partial charge in [0.25, 0.3) is 5.91 Å². The molecule has 11 heteroatoms. The molecule has 3 fully saturated rings. The maximum Gasteiger partial charge on any atom is 0.288 e. The van der Waals surface area contributed by atoms with E-state index in [9.17, 15) is 18.3 Å². The zero-order valence-corrected chi connectivity index (χ0v) is 25.7. The summed E-state index contributed by atoms with van der Waals surface area (Å²) in [5.74, 6) is 1.60. The number of sulfonamides is 1. The van der Waals surface area contributed by atoms with E-state index >= 15 is 0 Å². The maximum absolute atomic E-state index is 13.6. The van der Waals surface area contributed by atoms with E-state index in [4.69, 9.17) is 14.2 Å². The van der Waals surface area contributed by atoms with Gasteiger partial charge in [0, 0.05) is 38.6 Å². The molecule has 2 saturated heterocycles. The van der Waals surface area contributed by atoms with Crippen molar-refractivity contribution in [1.29, 1.82) is 0 Å². The highest BCUT2D eigenvalue weighted by molar-refractivity contribution is 7.89. The van der Waals surface area contributed by atoms with Crippen LogP contribution in [0.5, 0.6) is 5.75 Å². The largest absolute Gasteiger partial charge is 0.497 e. The summed E-state index contributed by atoms with van der Waals surface area (Å²) in [6.45, 7) is 3.59. The van der Waals surface area contributed by atoms with Crippen molar-refractivity contribution >= 4 is 15.9 Å². The Labute approximate surface area is 250 Å². The quantitative estimate of drug-likeness (QED) is 0.387. The molecule has 1 aromatic carbocycles. The van der Waals surface area contributed by atoms with Crippen molar-refractivity contribution in [2.45, 2.75) is 75.0 Å². The van der Waals surface area contributed by atoms with Crippen LogP contribution in [0.4, 0.5) is 0 Å². The lowest BCUT2D eigenvalue weighted by molar-refractivity contribution is -0.158. The monoisotopic (exact) mass is 605 g/mol. The summed E-state index contributed by atoms with van der Waals surface area (Å²) < 4.78 is 45.1. The fourth-order valence-corrected chi connectivity index (χ4v) is 8.07. The number of likely N-dealkylation sites (tertiary alicyclic amines) is 2. The number of hydrogen-bond acceptors (Lipinski definition) is 8. The summed E-state index contributed by atoms with van der Waals surface area (Å²) in [6.07, 6.45) is 11.4. The van der Waals surface area contributed by atoms with E-state index in [0.29, 0.717) is 29.9 Å². The van der Waals surface area contributed by atoms with Crippen LogP contribution in [0.1, 0.15) is 57.8 Å². The van der Waals surface area contributed by atoms with Crippen molar-refractivity contribution in [3.8, 4) is 5.75 Å². The highest BCUT2D eigenvalue weighted by Gasteiger charge is 2.37. The van der Waals surface area contributed by atoms with Crippen LogP contribution in [0.15, 0.2) is 41.0 Å². The van der Waals surface area contributed by atoms with Crippen molar-refractivity contribution in [1.82, 2.24) is 14.1 Å². The Kier molecular flexibility index (Phi) is 10.8. The Balaban J connectivity index is 1.18. The molecule has 0 radical (unpaired) electrons. The lowest BCUT2D eigenvalue weighted by Crippen LogP contribution is -2.49. The summed E-state index contributed by atoms with van der Waals surface area (Å²) in [6, 6.07) is 6.73. The van der Waals surface area contributed by atoms with Crippen molar-refractivity contribution in [3.63, 3.8) is 0 Å². The van der Waals surface area contributed by atoms with Gasteiger partial charge in [0.1, 0.15) is 5.75 Å². The fraction of sp³-hybridized carbons (Fsp3) is 0.710. The first-order chi connectivity index (χ1) is 20.4. The molecule has 4 aliphatic rings. The van der Waals surface area contributed by atoms with Gasteiger partial charge in [0.05, 0.1) is 25.2 Å². The number of allylic oxidation sites excluding steroid dienone is 1. The van der Waals surface area contributed by atoms with Crippen LogP contribution in [0.3, 0.4) is 0 Å². The van der Waals surface area contributed by atoms with E-state index in [1.165, 1.54) is 62.3 Å². The highest BCUT2D eigenvalue weighted by Crippen LogP contribution is 2.40. The molecule has 0 spiro atoms. The van der Waals surface area contributed by atoms with E-state index in [-0.39, 0.29) is 43.0 Å². The number of ether oxygens (including phenoxy) is 3. The fourth-order valence-electron chi connectivity index (χ4n) is 6.65. The molecule has 234 valence electrons. The summed E-state index contributed by atoms with van der Waals surface area (Å²) >= 11 is 0. The standard InChI is InChI=1S/C31H47N3O7S/c1-39-27-8-10-28(11-9-27)42(37,38)34(18-20-35)19-21-40-30-23-25(24-6-5-7-24)22-29(41-30)31(36)33-16-12-26(13-17-33)32-14-3-2-4-15-32/h8-11,22,24-26,30,35H,2-7,12-21,23H2,1H3/t25-,30+/m0/s1. The number of benzene rings is 1. The van der Waals surface area contributed by atoms with E-state index in [0.717, 1.165) is 38.8 Å². The number of carbonyl (C=O) groups is 1. The lowest BCUT2D eigenvalue weighted by atomic mass is 9.73. The Bertz CT molecular complexity index is 1160. The van der Waals surface area contributed by atoms with E-state index in [2.05, 4.69) is 4.90 Å². The molecular formula is C31H47N3O7S. The Hall–Kier alpha value is -2.18. The third kappa shape index (κ3) is 7.48. The first kappa shape index (κ1) is 31.3. The van der Waals surface area contributed by atoms with Gasteiger partial charge in [-0.25, -0.2) is 8.42 Å². The number of nitrogens with zero attached hydrogens (tertiary/aromatic N) is 3. The summed E-state index contributed by atoms with van der Waals surface area (Å²) in [5.41, 5.74) is 0.